The Morgan fingerprint density at radius 2 is 2.07 bits per heavy atom. The molecular formula is C20H19N5O2S. The maximum absolute atomic E-state index is 12.5. The monoisotopic (exact) mass is 393 g/mol. The summed E-state index contributed by atoms with van der Waals surface area (Å²) in [5.74, 6) is 2.41. The molecule has 1 amide bonds. The zero-order chi connectivity index (χ0) is 18.9. The molecular weight excluding hydrogens is 374 g/mol. The number of amides is 1. The van der Waals surface area contributed by atoms with Crippen LogP contribution in [-0.2, 0) is 19.5 Å². The highest BCUT2D eigenvalue weighted by Crippen LogP contribution is 2.31. The van der Waals surface area contributed by atoms with Crippen molar-refractivity contribution in [2.45, 2.75) is 38.8 Å². The van der Waals surface area contributed by atoms with E-state index >= 15 is 0 Å². The molecule has 0 bridgehead atoms. The van der Waals surface area contributed by atoms with E-state index in [1.54, 1.807) is 23.5 Å². The number of fused-ring (bicyclic) bond motifs is 2. The first kappa shape index (κ1) is 17.1. The third-order valence-corrected chi connectivity index (χ3v) is 5.98. The van der Waals surface area contributed by atoms with E-state index in [0.717, 1.165) is 52.7 Å². The van der Waals surface area contributed by atoms with Gasteiger partial charge in [-0.25, -0.2) is 4.98 Å². The fourth-order valence-electron chi connectivity index (χ4n) is 3.47. The predicted octanol–water partition coefficient (Wildman–Crippen LogP) is 3.80. The van der Waals surface area contributed by atoms with E-state index in [2.05, 4.69) is 25.1 Å². The highest BCUT2D eigenvalue weighted by Gasteiger charge is 2.18. The molecule has 5 rings (SSSR count). The Morgan fingerprint density at radius 3 is 3.00 bits per heavy atom. The summed E-state index contributed by atoms with van der Waals surface area (Å²) in [5, 5.41) is 12.2. The maximum atomic E-state index is 12.5. The Balaban J connectivity index is 1.29. The van der Waals surface area contributed by atoms with Crippen molar-refractivity contribution >= 4 is 27.5 Å². The van der Waals surface area contributed by atoms with Gasteiger partial charge >= 0.3 is 0 Å². The van der Waals surface area contributed by atoms with Crippen LogP contribution in [0.1, 0.15) is 41.5 Å². The third kappa shape index (κ3) is 3.20. The first-order valence-corrected chi connectivity index (χ1v) is 10.2. The normalized spacial score (nSPS) is 14.0. The van der Waals surface area contributed by atoms with Gasteiger partial charge in [0.1, 0.15) is 5.82 Å². The Hall–Kier alpha value is -3.00. The second kappa shape index (κ2) is 7.20. The van der Waals surface area contributed by atoms with Gasteiger partial charge in [-0.15, -0.1) is 21.5 Å². The number of aryl methyl sites for hydroxylation is 1. The summed E-state index contributed by atoms with van der Waals surface area (Å²) in [5.41, 5.74) is 0.928. The van der Waals surface area contributed by atoms with Crippen LogP contribution >= 0.6 is 11.3 Å². The Labute approximate surface area is 165 Å². The zero-order valence-electron chi connectivity index (χ0n) is 15.2. The average molecular weight is 393 g/mol. The van der Waals surface area contributed by atoms with Crippen LogP contribution in [0.25, 0.3) is 21.0 Å². The number of thiazole rings is 1. The number of carbonyl (C=O) groups is 1. The van der Waals surface area contributed by atoms with Crippen LogP contribution in [0.4, 0.5) is 0 Å². The number of aromatic nitrogens is 4. The number of hydrogen-bond donors (Lipinski definition) is 1. The highest BCUT2D eigenvalue weighted by molar-refractivity contribution is 7.21. The van der Waals surface area contributed by atoms with Crippen LogP contribution < -0.4 is 5.32 Å². The lowest BCUT2D eigenvalue weighted by atomic mass is 10.2. The van der Waals surface area contributed by atoms with E-state index in [-0.39, 0.29) is 11.7 Å². The van der Waals surface area contributed by atoms with Gasteiger partial charge in [0, 0.05) is 13.0 Å². The SMILES string of the molecule is O=C(NCc1nnc2n1CCCCC2)c1ccc(-c2nc3ccccc3s2)o1. The van der Waals surface area contributed by atoms with Gasteiger partial charge < -0.3 is 14.3 Å². The van der Waals surface area contributed by atoms with Crippen molar-refractivity contribution in [1.29, 1.82) is 0 Å². The average Bonchev–Trinajstić information content (AvgIpc) is 3.41. The molecule has 8 heteroatoms. The highest BCUT2D eigenvalue weighted by atomic mass is 32.1. The van der Waals surface area contributed by atoms with Crippen LogP contribution in [0, 0.1) is 0 Å². The van der Waals surface area contributed by atoms with Gasteiger partial charge in [-0.3, -0.25) is 4.79 Å². The molecule has 1 aliphatic heterocycles. The number of rotatable bonds is 4. The minimum Gasteiger partial charge on any atom is -0.448 e. The fraction of sp³-hybridized carbons (Fsp3) is 0.300. The van der Waals surface area contributed by atoms with Gasteiger partial charge in [0.15, 0.2) is 22.4 Å². The summed E-state index contributed by atoms with van der Waals surface area (Å²) in [7, 11) is 0. The van der Waals surface area contributed by atoms with Crippen LogP contribution in [0.2, 0.25) is 0 Å². The van der Waals surface area contributed by atoms with Crippen molar-refractivity contribution in [2.24, 2.45) is 0 Å². The van der Waals surface area contributed by atoms with Gasteiger partial charge in [-0.2, -0.15) is 0 Å². The molecule has 1 aliphatic rings. The number of benzene rings is 1. The van der Waals surface area contributed by atoms with E-state index < -0.39 is 0 Å². The first-order chi connectivity index (χ1) is 13.8. The minimum absolute atomic E-state index is 0.265. The second-order valence-electron chi connectivity index (χ2n) is 6.83. The fourth-order valence-corrected chi connectivity index (χ4v) is 4.40. The lowest BCUT2D eigenvalue weighted by Gasteiger charge is -2.07. The minimum atomic E-state index is -0.265. The van der Waals surface area contributed by atoms with Crippen molar-refractivity contribution in [2.75, 3.05) is 0 Å². The number of nitrogens with one attached hydrogen (secondary N) is 1. The Bertz CT molecular complexity index is 1110. The lowest BCUT2D eigenvalue weighted by Crippen LogP contribution is -2.24. The molecule has 4 aromatic rings. The van der Waals surface area contributed by atoms with Crippen molar-refractivity contribution in [1.82, 2.24) is 25.1 Å². The number of nitrogens with zero attached hydrogens (tertiary/aromatic N) is 4. The summed E-state index contributed by atoms with van der Waals surface area (Å²) in [6.07, 6.45) is 4.42. The summed E-state index contributed by atoms with van der Waals surface area (Å²) in [4.78, 5) is 17.1. The van der Waals surface area contributed by atoms with Gasteiger partial charge in [0.05, 0.1) is 16.8 Å². The van der Waals surface area contributed by atoms with Crippen molar-refractivity contribution < 1.29 is 9.21 Å². The van der Waals surface area contributed by atoms with E-state index in [1.165, 1.54) is 6.42 Å². The van der Waals surface area contributed by atoms with Gasteiger partial charge in [0.2, 0.25) is 0 Å². The number of para-hydroxylation sites is 1. The summed E-state index contributed by atoms with van der Waals surface area (Å²) >= 11 is 1.55. The Morgan fingerprint density at radius 1 is 1.14 bits per heavy atom. The van der Waals surface area contributed by atoms with E-state index in [1.807, 2.05) is 24.3 Å². The molecule has 4 heterocycles. The summed E-state index contributed by atoms with van der Waals surface area (Å²) in [6.45, 7) is 1.25. The number of hydrogen-bond acceptors (Lipinski definition) is 6. The molecule has 142 valence electrons. The topological polar surface area (TPSA) is 85.8 Å². The van der Waals surface area contributed by atoms with E-state index in [4.69, 9.17) is 4.42 Å². The summed E-state index contributed by atoms with van der Waals surface area (Å²) < 4.78 is 8.97. The number of carbonyl (C=O) groups excluding carboxylic acids is 1. The molecule has 0 spiro atoms. The smallest absolute Gasteiger partial charge is 0.287 e. The third-order valence-electron chi connectivity index (χ3n) is 4.93. The van der Waals surface area contributed by atoms with Gasteiger partial charge in [0.25, 0.3) is 5.91 Å². The molecule has 28 heavy (non-hydrogen) atoms. The molecule has 3 aromatic heterocycles. The van der Waals surface area contributed by atoms with Crippen LogP contribution in [0.5, 0.6) is 0 Å². The van der Waals surface area contributed by atoms with Crippen molar-refractivity contribution in [3.05, 3.63) is 53.8 Å². The van der Waals surface area contributed by atoms with E-state index in [9.17, 15) is 4.79 Å². The first-order valence-electron chi connectivity index (χ1n) is 9.43. The summed E-state index contributed by atoms with van der Waals surface area (Å²) in [6, 6.07) is 11.4. The molecule has 1 N–H and O–H groups in total. The molecule has 0 fully saturated rings. The van der Waals surface area contributed by atoms with E-state index in [0.29, 0.717) is 12.3 Å². The van der Waals surface area contributed by atoms with Crippen LogP contribution in [-0.4, -0.2) is 25.7 Å². The van der Waals surface area contributed by atoms with Gasteiger partial charge in [-0.1, -0.05) is 18.6 Å². The van der Waals surface area contributed by atoms with Crippen molar-refractivity contribution in [3.63, 3.8) is 0 Å². The Kier molecular flexibility index (Phi) is 4.40. The molecule has 7 nitrogen and oxygen atoms in total. The number of furan rings is 1. The standard InChI is InChI=1S/C20H19N5O2S/c26-19(21-12-18-24-23-17-8-2-1-5-11-25(17)18)14-9-10-15(27-14)20-22-13-6-3-4-7-16(13)28-20/h3-4,6-7,9-10H,1-2,5,8,11-12H2,(H,21,26). The molecule has 0 saturated carbocycles. The molecule has 1 aromatic carbocycles. The van der Waals surface area contributed by atoms with Crippen molar-refractivity contribution in [3.8, 4) is 10.8 Å². The van der Waals surface area contributed by atoms with Gasteiger partial charge in [-0.05, 0) is 37.1 Å². The zero-order valence-corrected chi connectivity index (χ0v) is 16.0. The molecule has 0 aliphatic carbocycles. The van der Waals surface area contributed by atoms with Crippen LogP contribution in [0.3, 0.4) is 0 Å². The maximum Gasteiger partial charge on any atom is 0.287 e. The second-order valence-corrected chi connectivity index (χ2v) is 7.86. The predicted molar refractivity (Wildman–Crippen MR) is 106 cm³/mol. The van der Waals surface area contributed by atoms with Crippen LogP contribution in [0.15, 0.2) is 40.8 Å². The lowest BCUT2D eigenvalue weighted by molar-refractivity contribution is 0.0922. The molecule has 0 radical (unpaired) electrons. The largest absolute Gasteiger partial charge is 0.448 e. The quantitative estimate of drug-likeness (QED) is 0.570. The molecule has 0 saturated heterocycles. The molecule has 0 unspecified atom stereocenters. The molecule has 0 atom stereocenters.